The van der Waals surface area contributed by atoms with Crippen molar-refractivity contribution in [1.82, 2.24) is 9.97 Å². The van der Waals surface area contributed by atoms with E-state index in [1.54, 1.807) is 19.1 Å². The molecule has 1 aromatic heterocycles. The Morgan fingerprint density at radius 2 is 1.82 bits per heavy atom. The van der Waals surface area contributed by atoms with Gasteiger partial charge in [0.2, 0.25) is 11.9 Å². The maximum Gasteiger partial charge on any atom is 0.421 e. The van der Waals surface area contributed by atoms with E-state index in [0.29, 0.717) is 23.2 Å². The van der Waals surface area contributed by atoms with Gasteiger partial charge in [-0.25, -0.2) is 14.8 Å². The van der Waals surface area contributed by atoms with E-state index < -0.39 is 29.3 Å². The summed E-state index contributed by atoms with van der Waals surface area (Å²) in [6.07, 6.45) is -3.02. The Labute approximate surface area is 186 Å². The summed E-state index contributed by atoms with van der Waals surface area (Å²) in [5.41, 5.74) is 3.06. The first kappa shape index (κ1) is 23.4. The molecule has 2 aromatic carbocycles. The van der Waals surface area contributed by atoms with Crippen molar-refractivity contribution in [3.63, 3.8) is 0 Å². The van der Waals surface area contributed by atoms with Crippen LogP contribution in [0.15, 0.2) is 72.5 Å². The third-order valence-corrected chi connectivity index (χ3v) is 4.26. The highest BCUT2D eigenvalue weighted by molar-refractivity contribution is 5.99. The minimum Gasteiger partial charge on any atom is -0.339 e. The summed E-state index contributed by atoms with van der Waals surface area (Å²) in [4.78, 5) is 19.0. The van der Waals surface area contributed by atoms with E-state index in [9.17, 15) is 22.4 Å². The molecule has 170 valence electrons. The van der Waals surface area contributed by atoms with Crippen molar-refractivity contribution in [3.05, 3.63) is 84.3 Å². The van der Waals surface area contributed by atoms with Crippen LogP contribution in [0.1, 0.15) is 18.1 Å². The van der Waals surface area contributed by atoms with Crippen molar-refractivity contribution < 1.29 is 22.4 Å². The van der Waals surface area contributed by atoms with Gasteiger partial charge in [-0.15, -0.1) is 0 Å². The average molecular weight is 458 g/mol. The molecule has 0 atom stereocenters. The fourth-order valence-corrected chi connectivity index (χ4v) is 2.63. The van der Waals surface area contributed by atoms with Crippen molar-refractivity contribution in [2.45, 2.75) is 13.1 Å². The monoisotopic (exact) mass is 458 g/mol. The van der Waals surface area contributed by atoms with Crippen molar-refractivity contribution in [2.24, 2.45) is 5.10 Å². The Hall–Kier alpha value is -4.28. The highest BCUT2D eigenvalue weighted by Crippen LogP contribution is 2.35. The van der Waals surface area contributed by atoms with Crippen molar-refractivity contribution in [2.75, 3.05) is 16.1 Å². The summed E-state index contributed by atoms with van der Waals surface area (Å²) in [7, 11) is 0. The molecule has 1 heterocycles. The summed E-state index contributed by atoms with van der Waals surface area (Å²) in [5, 5.41) is 9.16. The van der Waals surface area contributed by atoms with E-state index in [-0.39, 0.29) is 11.6 Å². The molecule has 3 rings (SSSR count). The second-order valence-corrected chi connectivity index (χ2v) is 6.67. The van der Waals surface area contributed by atoms with E-state index in [0.717, 1.165) is 6.08 Å². The molecule has 1 amide bonds. The molecule has 0 bridgehead atoms. The number of alkyl halides is 3. The lowest BCUT2D eigenvalue weighted by atomic mass is 10.1. The van der Waals surface area contributed by atoms with Gasteiger partial charge >= 0.3 is 6.18 Å². The van der Waals surface area contributed by atoms with Crippen LogP contribution >= 0.6 is 0 Å². The number of nitrogens with zero attached hydrogens (tertiary/aromatic N) is 3. The number of carbonyl (C=O) groups is 1. The molecule has 0 aliphatic carbocycles. The number of halogens is 4. The maximum absolute atomic E-state index is 13.5. The zero-order valence-electron chi connectivity index (χ0n) is 17.2. The number of nitrogens with one attached hydrogen (secondary N) is 3. The molecule has 0 radical (unpaired) electrons. The minimum absolute atomic E-state index is 0.192. The number of rotatable bonds is 7. The SMILES string of the molecule is C=CC(=O)Nc1cccc(Nc2nc(N/N=C(\C)c3ccc(F)cc3)ncc2C(F)(F)F)c1. The fourth-order valence-electron chi connectivity index (χ4n) is 2.63. The van der Waals surface area contributed by atoms with Crippen LogP contribution in [-0.4, -0.2) is 21.6 Å². The molecular formula is C22H18F4N6O. The minimum atomic E-state index is -4.72. The molecule has 11 heteroatoms. The third kappa shape index (κ3) is 6.35. The molecule has 3 N–H and O–H groups in total. The molecule has 0 aliphatic rings. The summed E-state index contributed by atoms with van der Waals surface area (Å²) < 4.78 is 53.5. The van der Waals surface area contributed by atoms with Gasteiger partial charge in [0.1, 0.15) is 17.2 Å². The number of hydrogen-bond acceptors (Lipinski definition) is 6. The van der Waals surface area contributed by atoms with Crippen molar-refractivity contribution >= 4 is 34.8 Å². The summed E-state index contributed by atoms with van der Waals surface area (Å²) in [6, 6.07) is 11.6. The lowest BCUT2D eigenvalue weighted by Gasteiger charge is -2.15. The standard InChI is InChI=1S/C22H18F4N6O/c1-3-19(33)28-16-5-4-6-17(11-16)29-20-18(22(24,25)26)12-27-21(30-20)32-31-13(2)14-7-9-15(23)10-8-14/h3-12H,1H2,2H3,(H,28,33)(H2,27,29,30,32)/b31-13+. The zero-order chi connectivity index (χ0) is 24.0. The molecule has 0 unspecified atom stereocenters. The maximum atomic E-state index is 13.5. The number of benzene rings is 2. The zero-order valence-corrected chi connectivity index (χ0v) is 17.2. The van der Waals surface area contributed by atoms with Crippen LogP contribution in [0.4, 0.5) is 40.7 Å². The van der Waals surface area contributed by atoms with Gasteiger partial charge in [0, 0.05) is 17.6 Å². The highest BCUT2D eigenvalue weighted by atomic mass is 19.4. The van der Waals surface area contributed by atoms with E-state index in [1.165, 1.54) is 36.4 Å². The lowest BCUT2D eigenvalue weighted by molar-refractivity contribution is -0.137. The number of carbonyl (C=O) groups excluding carboxylic acids is 1. The molecule has 0 fully saturated rings. The Morgan fingerprint density at radius 1 is 1.12 bits per heavy atom. The van der Waals surface area contributed by atoms with Gasteiger partial charge in [0.25, 0.3) is 0 Å². The number of anilines is 4. The lowest BCUT2D eigenvalue weighted by Crippen LogP contribution is -2.13. The smallest absolute Gasteiger partial charge is 0.339 e. The van der Waals surface area contributed by atoms with Crippen LogP contribution in [0.3, 0.4) is 0 Å². The fraction of sp³-hybridized carbons (Fsp3) is 0.0909. The molecular weight excluding hydrogens is 440 g/mol. The van der Waals surface area contributed by atoms with Gasteiger partial charge < -0.3 is 10.6 Å². The molecule has 0 aliphatic heterocycles. The van der Waals surface area contributed by atoms with Gasteiger partial charge in [-0.3, -0.25) is 4.79 Å². The van der Waals surface area contributed by atoms with Crippen LogP contribution < -0.4 is 16.1 Å². The molecule has 7 nitrogen and oxygen atoms in total. The topological polar surface area (TPSA) is 91.3 Å². The summed E-state index contributed by atoms with van der Waals surface area (Å²) in [6.45, 7) is 4.98. The Kier molecular flexibility index (Phi) is 7.01. The molecule has 33 heavy (non-hydrogen) atoms. The molecule has 0 spiro atoms. The van der Waals surface area contributed by atoms with Crippen LogP contribution in [0.5, 0.6) is 0 Å². The predicted octanol–water partition coefficient (Wildman–Crippen LogP) is 5.34. The number of amides is 1. The highest BCUT2D eigenvalue weighted by Gasteiger charge is 2.35. The molecule has 3 aromatic rings. The summed E-state index contributed by atoms with van der Waals surface area (Å²) >= 11 is 0. The largest absolute Gasteiger partial charge is 0.421 e. The first-order valence-corrected chi connectivity index (χ1v) is 9.46. The molecule has 0 saturated heterocycles. The van der Waals surface area contributed by atoms with E-state index >= 15 is 0 Å². The van der Waals surface area contributed by atoms with Crippen molar-refractivity contribution in [3.8, 4) is 0 Å². The third-order valence-electron chi connectivity index (χ3n) is 4.26. The van der Waals surface area contributed by atoms with Gasteiger partial charge in [-0.05, 0) is 48.9 Å². The number of aromatic nitrogens is 2. The Morgan fingerprint density at radius 3 is 2.48 bits per heavy atom. The first-order valence-electron chi connectivity index (χ1n) is 9.46. The van der Waals surface area contributed by atoms with E-state index in [2.05, 4.69) is 37.7 Å². The van der Waals surface area contributed by atoms with Crippen LogP contribution in [0.2, 0.25) is 0 Å². The quantitative estimate of drug-likeness (QED) is 0.192. The van der Waals surface area contributed by atoms with Crippen LogP contribution in [0.25, 0.3) is 0 Å². The van der Waals surface area contributed by atoms with E-state index in [1.807, 2.05) is 0 Å². The second-order valence-electron chi connectivity index (χ2n) is 6.67. The van der Waals surface area contributed by atoms with Gasteiger partial charge in [0.05, 0.1) is 5.71 Å². The normalized spacial score (nSPS) is 11.6. The van der Waals surface area contributed by atoms with Crippen LogP contribution in [0, 0.1) is 5.82 Å². The molecule has 0 saturated carbocycles. The Bertz CT molecular complexity index is 1190. The van der Waals surface area contributed by atoms with Gasteiger partial charge in [-0.2, -0.15) is 23.3 Å². The van der Waals surface area contributed by atoms with E-state index in [4.69, 9.17) is 0 Å². The predicted molar refractivity (Wildman–Crippen MR) is 118 cm³/mol. The Balaban J connectivity index is 1.87. The first-order chi connectivity index (χ1) is 15.7. The number of hydrazone groups is 1. The van der Waals surface area contributed by atoms with Gasteiger partial charge in [-0.1, -0.05) is 24.8 Å². The second kappa shape index (κ2) is 9.90. The average Bonchev–Trinajstić information content (AvgIpc) is 2.77. The number of hydrogen-bond donors (Lipinski definition) is 3. The van der Waals surface area contributed by atoms with Gasteiger partial charge in [0.15, 0.2) is 0 Å². The summed E-state index contributed by atoms with van der Waals surface area (Å²) in [5.74, 6) is -1.58. The van der Waals surface area contributed by atoms with Crippen molar-refractivity contribution in [1.29, 1.82) is 0 Å². The van der Waals surface area contributed by atoms with Crippen LogP contribution in [-0.2, 0) is 11.0 Å².